The van der Waals surface area contributed by atoms with Crippen LogP contribution in [0.4, 0.5) is 0 Å². The molecule has 20 heavy (non-hydrogen) atoms. The van der Waals surface area contributed by atoms with Crippen LogP contribution in [0.1, 0.15) is 44.6 Å². The molecular formula is C16H22O4. The van der Waals surface area contributed by atoms with Gasteiger partial charge in [0.05, 0.1) is 6.61 Å². The molecule has 0 unspecified atom stereocenters. The zero-order valence-electron chi connectivity index (χ0n) is 12.2. The zero-order valence-corrected chi connectivity index (χ0v) is 12.2. The number of unbranched alkanes of at least 4 members (excludes halogenated alkanes) is 1. The lowest BCUT2D eigenvalue weighted by atomic mass is 10.2. The fraction of sp³-hybridized carbons (Fsp3) is 0.500. The lowest BCUT2D eigenvalue weighted by Gasteiger charge is -2.05. The number of benzene rings is 1. The second kappa shape index (κ2) is 9.13. The molecule has 0 aromatic heterocycles. The van der Waals surface area contributed by atoms with Gasteiger partial charge in [0.1, 0.15) is 5.75 Å². The summed E-state index contributed by atoms with van der Waals surface area (Å²) in [6, 6.07) is 7.37. The molecule has 4 heteroatoms. The summed E-state index contributed by atoms with van der Waals surface area (Å²) in [6.07, 6.45) is 2.78. The normalized spacial score (nSPS) is 10.1. The van der Waals surface area contributed by atoms with Crippen molar-refractivity contribution in [1.29, 1.82) is 0 Å². The standard InChI is InChI=1S/C16H22O4/c1-3-11-19-15(17)9-4-5-10-16(18)20-14-8-6-7-13(2)12-14/h6-8,12H,3-5,9-11H2,1-2H3. The molecule has 0 saturated heterocycles. The maximum Gasteiger partial charge on any atom is 0.311 e. The van der Waals surface area contributed by atoms with Crippen molar-refractivity contribution in [3.05, 3.63) is 29.8 Å². The Kier molecular flexibility index (Phi) is 7.40. The summed E-state index contributed by atoms with van der Waals surface area (Å²) in [5, 5.41) is 0. The average molecular weight is 278 g/mol. The van der Waals surface area contributed by atoms with Crippen LogP contribution in [0, 0.1) is 6.92 Å². The molecule has 0 aliphatic carbocycles. The van der Waals surface area contributed by atoms with Gasteiger partial charge >= 0.3 is 11.9 Å². The first kappa shape index (κ1) is 16.2. The number of rotatable bonds is 8. The van der Waals surface area contributed by atoms with Crippen molar-refractivity contribution in [3.63, 3.8) is 0 Å². The second-order valence-electron chi connectivity index (χ2n) is 4.72. The fourth-order valence-corrected chi connectivity index (χ4v) is 1.69. The van der Waals surface area contributed by atoms with E-state index in [-0.39, 0.29) is 11.9 Å². The van der Waals surface area contributed by atoms with Crippen molar-refractivity contribution < 1.29 is 19.1 Å². The van der Waals surface area contributed by atoms with Gasteiger partial charge in [0.25, 0.3) is 0 Å². The predicted molar refractivity (Wildman–Crippen MR) is 76.5 cm³/mol. The molecule has 0 spiro atoms. The van der Waals surface area contributed by atoms with Gasteiger partial charge in [-0.25, -0.2) is 0 Å². The summed E-state index contributed by atoms with van der Waals surface area (Å²) in [7, 11) is 0. The van der Waals surface area contributed by atoms with Crippen LogP contribution in [0.25, 0.3) is 0 Å². The summed E-state index contributed by atoms with van der Waals surface area (Å²) < 4.78 is 10.2. The van der Waals surface area contributed by atoms with Crippen LogP contribution >= 0.6 is 0 Å². The second-order valence-corrected chi connectivity index (χ2v) is 4.72. The number of ether oxygens (including phenoxy) is 2. The van der Waals surface area contributed by atoms with Gasteiger partial charge in [0.2, 0.25) is 0 Å². The number of hydrogen-bond acceptors (Lipinski definition) is 4. The monoisotopic (exact) mass is 278 g/mol. The molecule has 1 aromatic carbocycles. The highest BCUT2D eigenvalue weighted by Crippen LogP contribution is 2.13. The molecule has 1 rings (SSSR count). The Morgan fingerprint density at radius 2 is 1.80 bits per heavy atom. The smallest absolute Gasteiger partial charge is 0.311 e. The van der Waals surface area contributed by atoms with Crippen molar-refractivity contribution in [1.82, 2.24) is 0 Å². The fourth-order valence-electron chi connectivity index (χ4n) is 1.69. The van der Waals surface area contributed by atoms with Crippen molar-refractivity contribution in [2.45, 2.75) is 46.0 Å². The van der Waals surface area contributed by atoms with E-state index in [2.05, 4.69) is 0 Å². The molecule has 0 atom stereocenters. The van der Waals surface area contributed by atoms with E-state index in [1.54, 1.807) is 6.07 Å². The number of carbonyl (C=O) groups excluding carboxylic acids is 2. The summed E-state index contributed by atoms with van der Waals surface area (Å²) >= 11 is 0. The van der Waals surface area contributed by atoms with Crippen LogP contribution in [-0.2, 0) is 14.3 Å². The molecule has 1 aromatic rings. The lowest BCUT2D eigenvalue weighted by molar-refractivity contribution is -0.144. The molecule has 0 N–H and O–H groups in total. The molecule has 4 nitrogen and oxygen atoms in total. The molecule has 0 saturated carbocycles. The van der Waals surface area contributed by atoms with Gasteiger partial charge in [0, 0.05) is 12.8 Å². The van der Waals surface area contributed by atoms with Gasteiger partial charge in [-0.2, -0.15) is 0 Å². The first-order valence-electron chi connectivity index (χ1n) is 7.04. The summed E-state index contributed by atoms with van der Waals surface area (Å²) in [5.41, 5.74) is 1.05. The molecule has 0 fully saturated rings. The highest BCUT2D eigenvalue weighted by Gasteiger charge is 2.07. The third-order valence-electron chi connectivity index (χ3n) is 2.70. The molecule has 0 aliphatic rings. The Balaban J connectivity index is 2.16. The number of esters is 2. The van der Waals surface area contributed by atoms with E-state index in [0.29, 0.717) is 38.0 Å². The molecule has 0 aliphatic heterocycles. The van der Waals surface area contributed by atoms with E-state index in [4.69, 9.17) is 9.47 Å². The molecule has 0 radical (unpaired) electrons. The first-order chi connectivity index (χ1) is 9.61. The lowest BCUT2D eigenvalue weighted by Crippen LogP contribution is -2.09. The Hall–Kier alpha value is -1.84. The van der Waals surface area contributed by atoms with Crippen molar-refractivity contribution >= 4 is 11.9 Å². The first-order valence-corrected chi connectivity index (χ1v) is 7.04. The van der Waals surface area contributed by atoms with Crippen LogP contribution in [-0.4, -0.2) is 18.5 Å². The number of aryl methyl sites for hydroxylation is 1. The highest BCUT2D eigenvalue weighted by molar-refractivity contribution is 5.72. The molecule has 110 valence electrons. The minimum absolute atomic E-state index is 0.195. The molecule has 0 bridgehead atoms. The van der Waals surface area contributed by atoms with Gasteiger partial charge in [-0.3, -0.25) is 9.59 Å². The van der Waals surface area contributed by atoms with Crippen LogP contribution in [0.2, 0.25) is 0 Å². The molecular weight excluding hydrogens is 256 g/mol. The van der Waals surface area contributed by atoms with Crippen LogP contribution in [0.5, 0.6) is 5.75 Å². The van der Waals surface area contributed by atoms with Crippen LogP contribution in [0.3, 0.4) is 0 Å². The highest BCUT2D eigenvalue weighted by atomic mass is 16.5. The Bertz CT molecular complexity index is 440. The summed E-state index contributed by atoms with van der Waals surface area (Å²) in [4.78, 5) is 22.8. The quantitative estimate of drug-likeness (QED) is 0.415. The third kappa shape index (κ3) is 6.92. The Morgan fingerprint density at radius 1 is 1.10 bits per heavy atom. The van der Waals surface area contributed by atoms with E-state index in [1.165, 1.54) is 0 Å². The van der Waals surface area contributed by atoms with Crippen molar-refractivity contribution in [3.8, 4) is 5.75 Å². The van der Waals surface area contributed by atoms with Gasteiger partial charge < -0.3 is 9.47 Å². The summed E-state index contributed by atoms with van der Waals surface area (Å²) in [6.45, 7) is 4.36. The third-order valence-corrected chi connectivity index (χ3v) is 2.70. The van der Waals surface area contributed by atoms with Crippen LogP contribution < -0.4 is 4.74 Å². The maximum absolute atomic E-state index is 11.6. The van der Waals surface area contributed by atoms with Gasteiger partial charge in [0.15, 0.2) is 0 Å². The minimum atomic E-state index is -0.266. The average Bonchev–Trinajstić information content (AvgIpc) is 2.41. The Labute approximate surface area is 120 Å². The topological polar surface area (TPSA) is 52.6 Å². The van der Waals surface area contributed by atoms with Gasteiger partial charge in [-0.15, -0.1) is 0 Å². The zero-order chi connectivity index (χ0) is 14.8. The van der Waals surface area contributed by atoms with E-state index >= 15 is 0 Å². The predicted octanol–water partition coefficient (Wildman–Crippen LogP) is 3.41. The van der Waals surface area contributed by atoms with Crippen molar-refractivity contribution in [2.24, 2.45) is 0 Å². The maximum atomic E-state index is 11.6. The summed E-state index contributed by atoms with van der Waals surface area (Å²) in [5.74, 6) is 0.105. The van der Waals surface area contributed by atoms with E-state index in [1.807, 2.05) is 32.0 Å². The van der Waals surface area contributed by atoms with Gasteiger partial charge in [-0.05, 0) is 43.9 Å². The number of hydrogen-bond donors (Lipinski definition) is 0. The molecule has 0 heterocycles. The van der Waals surface area contributed by atoms with E-state index in [0.717, 1.165) is 12.0 Å². The van der Waals surface area contributed by atoms with Crippen molar-refractivity contribution in [2.75, 3.05) is 6.61 Å². The minimum Gasteiger partial charge on any atom is -0.466 e. The largest absolute Gasteiger partial charge is 0.466 e. The SMILES string of the molecule is CCCOC(=O)CCCCC(=O)Oc1cccc(C)c1. The van der Waals surface area contributed by atoms with E-state index < -0.39 is 0 Å². The number of carbonyl (C=O) groups is 2. The molecule has 0 amide bonds. The Morgan fingerprint density at radius 3 is 2.45 bits per heavy atom. The van der Waals surface area contributed by atoms with E-state index in [9.17, 15) is 9.59 Å². The van der Waals surface area contributed by atoms with Crippen LogP contribution in [0.15, 0.2) is 24.3 Å². The van der Waals surface area contributed by atoms with Gasteiger partial charge in [-0.1, -0.05) is 19.1 Å².